The van der Waals surface area contributed by atoms with Gasteiger partial charge in [0.25, 0.3) is 5.69 Å². The molecule has 0 aliphatic rings. The molecule has 4 nitrogen and oxygen atoms in total. The van der Waals surface area contributed by atoms with E-state index in [0.29, 0.717) is 16.3 Å². The SMILES string of the molecule is Cc1nc(-c2ccc(Cl)cc2)c([N+](=O)[O-])cc1I. The highest BCUT2D eigenvalue weighted by atomic mass is 127. The number of nitro groups is 1. The van der Waals surface area contributed by atoms with E-state index in [1.165, 1.54) is 6.07 Å². The lowest BCUT2D eigenvalue weighted by molar-refractivity contribution is -0.384. The van der Waals surface area contributed by atoms with Crippen LogP contribution in [0.1, 0.15) is 5.69 Å². The summed E-state index contributed by atoms with van der Waals surface area (Å²) in [7, 11) is 0. The van der Waals surface area contributed by atoms with Gasteiger partial charge in [0, 0.05) is 20.2 Å². The lowest BCUT2D eigenvalue weighted by atomic mass is 10.1. The number of pyridine rings is 1. The lowest BCUT2D eigenvalue weighted by Gasteiger charge is -2.05. The first kappa shape index (κ1) is 13.2. The molecule has 0 bridgehead atoms. The number of rotatable bonds is 2. The van der Waals surface area contributed by atoms with Gasteiger partial charge in [-0.2, -0.15) is 0 Å². The largest absolute Gasteiger partial charge is 0.296 e. The predicted octanol–water partition coefficient (Wildman–Crippen LogP) is 4.22. The van der Waals surface area contributed by atoms with Gasteiger partial charge in [-0.05, 0) is 41.6 Å². The molecule has 18 heavy (non-hydrogen) atoms. The van der Waals surface area contributed by atoms with Crippen molar-refractivity contribution in [3.63, 3.8) is 0 Å². The summed E-state index contributed by atoms with van der Waals surface area (Å²) in [5, 5.41) is 11.6. The van der Waals surface area contributed by atoms with E-state index in [1.807, 2.05) is 29.5 Å². The molecule has 1 aromatic heterocycles. The first-order valence-electron chi connectivity index (χ1n) is 5.06. The molecule has 0 spiro atoms. The van der Waals surface area contributed by atoms with Crippen LogP contribution in [0.25, 0.3) is 11.3 Å². The second-order valence-electron chi connectivity index (χ2n) is 3.69. The van der Waals surface area contributed by atoms with Crippen molar-refractivity contribution in [2.24, 2.45) is 0 Å². The average Bonchev–Trinajstić information content (AvgIpc) is 2.33. The Bertz CT molecular complexity index is 614. The van der Waals surface area contributed by atoms with Crippen molar-refractivity contribution in [2.75, 3.05) is 0 Å². The van der Waals surface area contributed by atoms with Crippen molar-refractivity contribution in [3.8, 4) is 11.3 Å². The fourth-order valence-corrected chi connectivity index (χ4v) is 2.07. The summed E-state index contributed by atoms with van der Waals surface area (Å²) >= 11 is 7.84. The van der Waals surface area contributed by atoms with Crippen LogP contribution in [0.3, 0.4) is 0 Å². The van der Waals surface area contributed by atoms with Gasteiger partial charge in [0.15, 0.2) is 0 Å². The van der Waals surface area contributed by atoms with Crippen LogP contribution in [0.2, 0.25) is 5.02 Å². The second-order valence-corrected chi connectivity index (χ2v) is 5.29. The Kier molecular flexibility index (Phi) is 3.82. The normalized spacial score (nSPS) is 10.4. The molecule has 0 saturated carbocycles. The highest BCUT2D eigenvalue weighted by Crippen LogP contribution is 2.31. The standard InChI is InChI=1S/C12H8ClIN2O2/c1-7-10(14)6-11(16(17)18)12(15-7)8-2-4-9(13)5-3-8/h2-6H,1H3. The van der Waals surface area contributed by atoms with E-state index in [9.17, 15) is 10.1 Å². The van der Waals surface area contributed by atoms with E-state index < -0.39 is 4.92 Å². The molecular formula is C12H8ClIN2O2. The highest BCUT2D eigenvalue weighted by Gasteiger charge is 2.19. The van der Waals surface area contributed by atoms with Gasteiger partial charge in [-0.25, -0.2) is 4.98 Å². The van der Waals surface area contributed by atoms with E-state index in [0.717, 1.165) is 9.26 Å². The van der Waals surface area contributed by atoms with Gasteiger partial charge in [0.1, 0.15) is 5.69 Å². The average molecular weight is 375 g/mol. The van der Waals surface area contributed by atoms with Crippen molar-refractivity contribution in [1.29, 1.82) is 0 Å². The predicted molar refractivity (Wildman–Crippen MR) is 78.8 cm³/mol. The fourth-order valence-electron chi connectivity index (χ4n) is 1.53. The zero-order chi connectivity index (χ0) is 13.3. The maximum atomic E-state index is 11.1. The van der Waals surface area contributed by atoms with E-state index in [1.54, 1.807) is 24.3 Å². The molecule has 2 aromatic rings. The minimum atomic E-state index is -0.418. The maximum absolute atomic E-state index is 11.1. The van der Waals surface area contributed by atoms with E-state index in [2.05, 4.69) is 4.98 Å². The molecule has 0 fully saturated rings. The molecule has 1 aromatic carbocycles. The number of hydrogen-bond donors (Lipinski definition) is 0. The van der Waals surface area contributed by atoms with Crippen molar-refractivity contribution in [1.82, 2.24) is 4.98 Å². The van der Waals surface area contributed by atoms with Gasteiger partial charge in [-0.1, -0.05) is 23.7 Å². The number of benzene rings is 1. The van der Waals surface area contributed by atoms with Crippen molar-refractivity contribution >= 4 is 39.9 Å². The summed E-state index contributed by atoms with van der Waals surface area (Å²) in [5.74, 6) is 0. The van der Waals surface area contributed by atoms with Crippen LogP contribution in [0.15, 0.2) is 30.3 Å². The number of nitrogens with zero attached hydrogens (tertiary/aromatic N) is 2. The van der Waals surface area contributed by atoms with Crippen LogP contribution in [0, 0.1) is 20.6 Å². The van der Waals surface area contributed by atoms with Crippen molar-refractivity contribution in [3.05, 3.63) is 54.7 Å². The molecule has 0 aliphatic heterocycles. The van der Waals surface area contributed by atoms with Crippen LogP contribution in [-0.4, -0.2) is 9.91 Å². The molecule has 0 saturated heterocycles. The topological polar surface area (TPSA) is 56.0 Å². The number of aromatic nitrogens is 1. The zero-order valence-electron chi connectivity index (χ0n) is 9.35. The van der Waals surface area contributed by atoms with Crippen LogP contribution >= 0.6 is 34.2 Å². The van der Waals surface area contributed by atoms with Gasteiger partial charge in [-0.15, -0.1) is 0 Å². The molecule has 92 valence electrons. The Morgan fingerprint density at radius 2 is 1.94 bits per heavy atom. The van der Waals surface area contributed by atoms with Crippen LogP contribution in [0.4, 0.5) is 5.69 Å². The molecule has 6 heteroatoms. The lowest BCUT2D eigenvalue weighted by Crippen LogP contribution is -1.98. The van der Waals surface area contributed by atoms with Crippen LogP contribution < -0.4 is 0 Å². The van der Waals surface area contributed by atoms with Crippen molar-refractivity contribution in [2.45, 2.75) is 6.92 Å². The smallest absolute Gasteiger partial charge is 0.258 e. The van der Waals surface area contributed by atoms with Gasteiger partial charge in [0.05, 0.1) is 10.6 Å². The first-order valence-corrected chi connectivity index (χ1v) is 6.52. The third-order valence-electron chi connectivity index (χ3n) is 2.45. The Balaban J connectivity index is 2.65. The summed E-state index contributed by atoms with van der Waals surface area (Å²) in [5.41, 5.74) is 1.83. The number of aryl methyl sites for hydroxylation is 1. The van der Waals surface area contributed by atoms with E-state index in [4.69, 9.17) is 11.6 Å². The molecule has 0 aliphatic carbocycles. The highest BCUT2D eigenvalue weighted by molar-refractivity contribution is 14.1. The second kappa shape index (κ2) is 5.19. The summed E-state index contributed by atoms with van der Waals surface area (Å²) in [6, 6.07) is 8.37. The van der Waals surface area contributed by atoms with E-state index in [-0.39, 0.29) is 5.69 Å². The van der Waals surface area contributed by atoms with Crippen molar-refractivity contribution < 1.29 is 4.92 Å². The minimum absolute atomic E-state index is 0.00678. The van der Waals surface area contributed by atoms with Crippen LogP contribution in [0.5, 0.6) is 0 Å². The number of hydrogen-bond acceptors (Lipinski definition) is 3. The first-order chi connectivity index (χ1) is 8.49. The monoisotopic (exact) mass is 374 g/mol. The summed E-state index contributed by atoms with van der Waals surface area (Å²) in [6.45, 7) is 1.82. The Labute approximate surface area is 122 Å². The van der Waals surface area contributed by atoms with Crippen LogP contribution in [-0.2, 0) is 0 Å². The maximum Gasteiger partial charge on any atom is 0.296 e. The Hall–Kier alpha value is -1.21. The Morgan fingerprint density at radius 3 is 2.50 bits per heavy atom. The summed E-state index contributed by atoms with van der Waals surface area (Å²) in [6.07, 6.45) is 0. The molecule has 0 atom stereocenters. The zero-order valence-corrected chi connectivity index (χ0v) is 12.3. The summed E-state index contributed by atoms with van der Waals surface area (Å²) in [4.78, 5) is 14.9. The quantitative estimate of drug-likeness (QED) is 0.449. The Morgan fingerprint density at radius 1 is 1.33 bits per heavy atom. The molecule has 0 unspecified atom stereocenters. The summed E-state index contributed by atoms with van der Waals surface area (Å²) < 4.78 is 0.775. The fraction of sp³-hybridized carbons (Fsp3) is 0.0833. The van der Waals surface area contributed by atoms with E-state index >= 15 is 0 Å². The number of halogens is 2. The van der Waals surface area contributed by atoms with Gasteiger partial charge < -0.3 is 0 Å². The minimum Gasteiger partial charge on any atom is -0.258 e. The third kappa shape index (κ3) is 2.62. The van der Waals surface area contributed by atoms with Gasteiger partial charge in [0.2, 0.25) is 0 Å². The molecule has 0 N–H and O–H groups in total. The molecular weight excluding hydrogens is 367 g/mol. The third-order valence-corrected chi connectivity index (χ3v) is 3.79. The molecule has 1 heterocycles. The van der Waals surface area contributed by atoms with Gasteiger partial charge >= 0.3 is 0 Å². The molecule has 0 amide bonds. The molecule has 0 radical (unpaired) electrons. The molecule has 2 rings (SSSR count). The van der Waals surface area contributed by atoms with Gasteiger partial charge in [-0.3, -0.25) is 10.1 Å².